The molecule has 18 heavy (non-hydrogen) atoms. The molecule has 1 heterocycles. The van der Waals surface area contributed by atoms with Crippen molar-refractivity contribution in [1.82, 2.24) is 0 Å². The molecule has 1 fully saturated rings. The zero-order chi connectivity index (χ0) is 13.2. The van der Waals surface area contributed by atoms with E-state index in [1.807, 2.05) is 19.9 Å². The van der Waals surface area contributed by atoms with Gasteiger partial charge in [0.25, 0.3) is 0 Å². The first-order chi connectivity index (χ1) is 8.52. The Morgan fingerprint density at radius 3 is 2.44 bits per heavy atom. The van der Waals surface area contributed by atoms with Crippen molar-refractivity contribution in [2.75, 3.05) is 18.0 Å². The molecule has 1 aliphatic heterocycles. The number of anilines is 1. The van der Waals surface area contributed by atoms with Crippen LogP contribution in [0.3, 0.4) is 0 Å². The molecule has 0 spiro atoms. The molecular weight excluding hydrogens is 224 g/mol. The summed E-state index contributed by atoms with van der Waals surface area (Å²) in [6.07, 6.45) is 2.09. The van der Waals surface area contributed by atoms with E-state index in [0.29, 0.717) is 12.5 Å². The van der Waals surface area contributed by atoms with Crippen LogP contribution >= 0.6 is 0 Å². The Hall–Kier alpha value is -1.06. The normalized spacial score (nSPS) is 18.1. The monoisotopic (exact) mass is 248 g/mol. The summed E-state index contributed by atoms with van der Waals surface area (Å²) < 4.78 is 0. The van der Waals surface area contributed by atoms with Crippen LogP contribution in [0.5, 0.6) is 0 Å². The topological polar surface area (TPSA) is 49.5 Å². The molecule has 0 unspecified atom stereocenters. The van der Waals surface area contributed by atoms with Crippen molar-refractivity contribution in [2.45, 2.75) is 38.8 Å². The van der Waals surface area contributed by atoms with Crippen molar-refractivity contribution in [1.29, 1.82) is 0 Å². The van der Waals surface area contributed by atoms with Crippen LogP contribution in [-0.2, 0) is 6.54 Å². The molecule has 3 N–H and O–H groups in total. The number of benzene rings is 1. The molecule has 1 saturated heterocycles. The second-order valence-corrected chi connectivity index (χ2v) is 5.75. The average Bonchev–Trinajstić information content (AvgIpc) is 2.38. The fourth-order valence-corrected chi connectivity index (χ4v) is 2.82. The van der Waals surface area contributed by atoms with Gasteiger partial charge in [-0.3, -0.25) is 0 Å². The lowest BCUT2D eigenvalue weighted by Crippen LogP contribution is -2.42. The highest BCUT2D eigenvalue weighted by atomic mass is 16.3. The SMILES string of the molecule is CC(C)(O)C1CCN(c2ccccc2CN)CC1. The quantitative estimate of drug-likeness (QED) is 0.861. The number of nitrogens with two attached hydrogens (primary N) is 1. The van der Waals surface area contributed by atoms with Crippen LogP contribution < -0.4 is 10.6 Å². The van der Waals surface area contributed by atoms with Gasteiger partial charge in [0.05, 0.1) is 5.60 Å². The molecule has 100 valence electrons. The first-order valence-corrected chi connectivity index (χ1v) is 6.77. The molecule has 3 nitrogen and oxygen atoms in total. The van der Waals surface area contributed by atoms with Gasteiger partial charge >= 0.3 is 0 Å². The molecule has 0 bridgehead atoms. The zero-order valence-corrected chi connectivity index (χ0v) is 11.4. The number of hydrogen-bond acceptors (Lipinski definition) is 3. The third-order valence-corrected chi connectivity index (χ3v) is 4.05. The summed E-state index contributed by atoms with van der Waals surface area (Å²) in [7, 11) is 0. The van der Waals surface area contributed by atoms with Crippen molar-refractivity contribution in [3.8, 4) is 0 Å². The maximum Gasteiger partial charge on any atom is 0.0621 e. The van der Waals surface area contributed by atoms with E-state index in [9.17, 15) is 5.11 Å². The van der Waals surface area contributed by atoms with E-state index >= 15 is 0 Å². The van der Waals surface area contributed by atoms with Crippen LogP contribution in [0.4, 0.5) is 5.69 Å². The Morgan fingerprint density at radius 2 is 1.89 bits per heavy atom. The molecule has 0 aliphatic carbocycles. The lowest BCUT2D eigenvalue weighted by Gasteiger charge is -2.39. The van der Waals surface area contributed by atoms with Gasteiger partial charge in [-0.2, -0.15) is 0 Å². The third-order valence-electron chi connectivity index (χ3n) is 4.05. The molecule has 0 saturated carbocycles. The van der Waals surface area contributed by atoms with Crippen LogP contribution in [-0.4, -0.2) is 23.8 Å². The Labute approximate surface area is 110 Å². The van der Waals surface area contributed by atoms with Crippen molar-refractivity contribution < 1.29 is 5.11 Å². The van der Waals surface area contributed by atoms with Gasteiger partial charge in [-0.15, -0.1) is 0 Å². The third kappa shape index (κ3) is 2.85. The summed E-state index contributed by atoms with van der Waals surface area (Å²) in [6, 6.07) is 8.34. The van der Waals surface area contributed by atoms with Crippen molar-refractivity contribution in [2.24, 2.45) is 11.7 Å². The van der Waals surface area contributed by atoms with E-state index in [1.165, 1.54) is 11.3 Å². The van der Waals surface area contributed by atoms with E-state index in [-0.39, 0.29) is 0 Å². The molecular formula is C15H24N2O. The van der Waals surface area contributed by atoms with Gasteiger partial charge < -0.3 is 15.7 Å². The van der Waals surface area contributed by atoms with Gasteiger partial charge in [0.1, 0.15) is 0 Å². The molecule has 0 aromatic heterocycles. The van der Waals surface area contributed by atoms with E-state index in [4.69, 9.17) is 5.73 Å². The molecule has 1 aromatic carbocycles. The summed E-state index contributed by atoms with van der Waals surface area (Å²) in [5.41, 5.74) is 7.70. The number of hydrogen-bond donors (Lipinski definition) is 2. The Morgan fingerprint density at radius 1 is 1.28 bits per heavy atom. The first kappa shape index (κ1) is 13.4. The fourth-order valence-electron chi connectivity index (χ4n) is 2.82. The molecule has 1 aromatic rings. The fraction of sp³-hybridized carbons (Fsp3) is 0.600. The van der Waals surface area contributed by atoms with Crippen molar-refractivity contribution >= 4 is 5.69 Å². The highest BCUT2D eigenvalue weighted by Gasteiger charge is 2.30. The molecule has 0 atom stereocenters. The lowest BCUT2D eigenvalue weighted by molar-refractivity contribution is 0.00651. The van der Waals surface area contributed by atoms with E-state index in [1.54, 1.807) is 0 Å². The number of nitrogens with zero attached hydrogens (tertiary/aromatic N) is 1. The van der Waals surface area contributed by atoms with Crippen molar-refractivity contribution in [3.05, 3.63) is 29.8 Å². The summed E-state index contributed by atoms with van der Waals surface area (Å²) >= 11 is 0. The predicted molar refractivity (Wildman–Crippen MR) is 75.6 cm³/mol. The Kier molecular flexibility index (Phi) is 3.93. The zero-order valence-electron chi connectivity index (χ0n) is 11.4. The average molecular weight is 248 g/mol. The van der Waals surface area contributed by atoms with Crippen molar-refractivity contribution in [3.63, 3.8) is 0 Å². The van der Waals surface area contributed by atoms with Crippen LogP contribution in [0.1, 0.15) is 32.3 Å². The van der Waals surface area contributed by atoms with Crippen LogP contribution in [0.25, 0.3) is 0 Å². The van der Waals surface area contributed by atoms with E-state index in [2.05, 4.69) is 23.1 Å². The molecule has 0 amide bonds. The molecule has 1 aliphatic rings. The minimum Gasteiger partial charge on any atom is -0.390 e. The summed E-state index contributed by atoms with van der Waals surface area (Å²) in [6.45, 7) is 6.43. The number of piperidine rings is 1. The smallest absolute Gasteiger partial charge is 0.0621 e. The van der Waals surface area contributed by atoms with Crippen LogP contribution in [0.2, 0.25) is 0 Å². The second-order valence-electron chi connectivity index (χ2n) is 5.75. The van der Waals surface area contributed by atoms with Crippen LogP contribution in [0, 0.1) is 5.92 Å². The second kappa shape index (κ2) is 5.29. The highest BCUT2D eigenvalue weighted by molar-refractivity contribution is 5.53. The molecule has 0 radical (unpaired) electrons. The molecule has 2 rings (SSSR count). The minimum atomic E-state index is -0.556. The Bertz CT molecular complexity index is 390. The van der Waals surface area contributed by atoms with Gasteiger partial charge in [0, 0.05) is 25.3 Å². The Balaban J connectivity index is 2.06. The molecule has 3 heteroatoms. The standard InChI is InChI=1S/C15H24N2O/c1-15(2,18)13-7-9-17(10-8-13)14-6-4-3-5-12(14)11-16/h3-6,13,18H,7-11,16H2,1-2H3. The first-order valence-electron chi connectivity index (χ1n) is 6.77. The maximum absolute atomic E-state index is 10.1. The number of aliphatic hydroxyl groups is 1. The summed E-state index contributed by atoms with van der Waals surface area (Å²) in [4.78, 5) is 2.39. The lowest BCUT2D eigenvalue weighted by atomic mass is 9.83. The van der Waals surface area contributed by atoms with E-state index in [0.717, 1.165) is 25.9 Å². The number of para-hydroxylation sites is 1. The van der Waals surface area contributed by atoms with Gasteiger partial charge in [-0.25, -0.2) is 0 Å². The van der Waals surface area contributed by atoms with Gasteiger partial charge in [-0.05, 0) is 44.2 Å². The highest BCUT2D eigenvalue weighted by Crippen LogP contribution is 2.31. The summed E-state index contributed by atoms with van der Waals surface area (Å²) in [5, 5.41) is 10.1. The van der Waals surface area contributed by atoms with Crippen LogP contribution in [0.15, 0.2) is 24.3 Å². The van der Waals surface area contributed by atoms with E-state index < -0.39 is 5.60 Å². The maximum atomic E-state index is 10.1. The van der Waals surface area contributed by atoms with Gasteiger partial charge in [0.15, 0.2) is 0 Å². The largest absolute Gasteiger partial charge is 0.390 e. The summed E-state index contributed by atoms with van der Waals surface area (Å²) in [5.74, 6) is 0.402. The number of rotatable bonds is 3. The minimum absolute atomic E-state index is 0.402. The van der Waals surface area contributed by atoms with Gasteiger partial charge in [0.2, 0.25) is 0 Å². The predicted octanol–water partition coefficient (Wildman–Crippen LogP) is 2.13. The van der Waals surface area contributed by atoms with Gasteiger partial charge in [-0.1, -0.05) is 18.2 Å².